The minimum Gasteiger partial charge on any atom is -0.355 e. The molecule has 2 aromatic rings. The van der Waals surface area contributed by atoms with E-state index in [9.17, 15) is 4.21 Å². The normalized spacial score (nSPS) is 13.0. The first-order valence-corrected chi connectivity index (χ1v) is 10.7. The Labute approximate surface area is 156 Å². The molecule has 1 heterocycles. The van der Waals surface area contributed by atoms with Gasteiger partial charge in [0.1, 0.15) is 5.01 Å². The topological polar surface area (TPSA) is 66.4 Å². The van der Waals surface area contributed by atoms with Crippen LogP contribution >= 0.6 is 11.3 Å². The van der Waals surface area contributed by atoms with Gasteiger partial charge in [0.25, 0.3) is 0 Å². The van der Waals surface area contributed by atoms with Crippen molar-refractivity contribution < 1.29 is 4.21 Å². The third-order valence-corrected chi connectivity index (χ3v) is 5.77. The van der Waals surface area contributed by atoms with E-state index in [0.29, 0.717) is 36.5 Å². The van der Waals surface area contributed by atoms with E-state index in [1.807, 2.05) is 30.3 Å². The molecule has 0 aliphatic carbocycles. The zero-order valence-electron chi connectivity index (χ0n) is 15.0. The number of benzene rings is 1. The highest BCUT2D eigenvalue weighted by Gasteiger charge is 2.07. The number of nitrogens with one attached hydrogen (secondary N) is 2. The van der Waals surface area contributed by atoms with E-state index in [0.717, 1.165) is 16.3 Å². The molecule has 0 fully saturated rings. The van der Waals surface area contributed by atoms with Crippen LogP contribution in [0, 0.1) is 0 Å². The lowest BCUT2D eigenvalue weighted by molar-refractivity contribution is 0.680. The first kappa shape index (κ1) is 19.6. The first-order chi connectivity index (χ1) is 12.1. The van der Waals surface area contributed by atoms with E-state index >= 15 is 0 Å². The van der Waals surface area contributed by atoms with Crippen LogP contribution in [0.5, 0.6) is 0 Å². The van der Waals surface area contributed by atoms with Crippen LogP contribution in [0.2, 0.25) is 0 Å². The van der Waals surface area contributed by atoms with Gasteiger partial charge in [0.15, 0.2) is 5.96 Å². The molecule has 0 saturated carbocycles. The summed E-state index contributed by atoms with van der Waals surface area (Å²) >= 11 is 1.66. The van der Waals surface area contributed by atoms with Gasteiger partial charge >= 0.3 is 0 Å². The van der Waals surface area contributed by atoms with Crippen molar-refractivity contribution in [3.63, 3.8) is 0 Å². The molecular weight excluding hydrogens is 352 g/mol. The molecule has 2 N–H and O–H groups in total. The largest absolute Gasteiger partial charge is 0.355 e. The maximum atomic E-state index is 12.1. The van der Waals surface area contributed by atoms with Crippen molar-refractivity contribution in [3.05, 3.63) is 52.0 Å². The second-order valence-corrected chi connectivity index (χ2v) is 8.47. The third kappa shape index (κ3) is 6.96. The van der Waals surface area contributed by atoms with Crippen LogP contribution in [-0.2, 0) is 23.1 Å². The Morgan fingerprint density at radius 2 is 2.04 bits per heavy atom. The van der Waals surface area contributed by atoms with Crippen LogP contribution in [0.4, 0.5) is 0 Å². The summed E-state index contributed by atoms with van der Waals surface area (Å²) in [5.41, 5.74) is 2.23. The lowest BCUT2D eigenvalue weighted by Gasteiger charge is -2.10. The van der Waals surface area contributed by atoms with Gasteiger partial charge in [0, 0.05) is 41.3 Å². The molecule has 0 aliphatic heterocycles. The van der Waals surface area contributed by atoms with Crippen molar-refractivity contribution >= 4 is 28.1 Å². The quantitative estimate of drug-likeness (QED) is 0.548. The summed E-state index contributed by atoms with van der Waals surface area (Å²) < 4.78 is 12.1. The molecular formula is C18H26N4OS2. The summed E-state index contributed by atoms with van der Waals surface area (Å²) in [4.78, 5) is 8.79. The Kier molecular flexibility index (Phi) is 8.08. The maximum absolute atomic E-state index is 12.1. The van der Waals surface area contributed by atoms with Crippen LogP contribution in [0.1, 0.15) is 36.0 Å². The number of rotatable bonds is 8. The smallest absolute Gasteiger partial charge is 0.191 e. The van der Waals surface area contributed by atoms with Gasteiger partial charge in [-0.3, -0.25) is 9.20 Å². The van der Waals surface area contributed by atoms with Crippen molar-refractivity contribution in [2.24, 2.45) is 4.99 Å². The van der Waals surface area contributed by atoms with Gasteiger partial charge in [0.05, 0.1) is 12.2 Å². The van der Waals surface area contributed by atoms with Gasteiger partial charge < -0.3 is 10.6 Å². The van der Waals surface area contributed by atoms with Crippen LogP contribution in [0.25, 0.3) is 0 Å². The van der Waals surface area contributed by atoms with Gasteiger partial charge in [-0.1, -0.05) is 44.2 Å². The van der Waals surface area contributed by atoms with Crippen molar-refractivity contribution in [3.8, 4) is 0 Å². The average molecular weight is 379 g/mol. The first-order valence-electron chi connectivity index (χ1n) is 8.36. The highest BCUT2D eigenvalue weighted by Crippen LogP contribution is 2.17. The Balaban J connectivity index is 1.70. The fourth-order valence-corrected chi connectivity index (χ4v) is 4.10. The van der Waals surface area contributed by atoms with E-state index in [2.05, 4.69) is 39.8 Å². The molecule has 0 aliphatic rings. The number of aromatic nitrogens is 1. The molecule has 25 heavy (non-hydrogen) atoms. The summed E-state index contributed by atoms with van der Waals surface area (Å²) in [6, 6.07) is 9.92. The Morgan fingerprint density at radius 1 is 1.28 bits per heavy atom. The maximum Gasteiger partial charge on any atom is 0.191 e. The van der Waals surface area contributed by atoms with Gasteiger partial charge in [-0.2, -0.15) is 0 Å². The van der Waals surface area contributed by atoms with Crippen LogP contribution in [0.3, 0.4) is 0 Å². The fourth-order valence-electron chi connectivity index (χ4n) is 2.17. The summed E-state index contributed by atoms with van der Waals surface area (Å²) in [5, 5.41) is 9.60. The fraction of sp³-hybridized carbons (Fsp3) is 0.444. The third-order valence-electron chi connectivity index (χ3n) is 3.58. The molecule has 136 valence electrons. The van der Waals surface area contributed by atoms with Gasteiger partial charge in [0.2, 0.25) is 0 Å². The second-order valence-electron chi connectivity index (χ2n) is 5.95. The van der Waals surface area contributed by atoms with Crippen molar-refractivity contribution in [2.75, 3.05) is 19.3 Å². The number of thiazole rings is 1. The molecule has 0 bridgehead atoms. The molecule has 7 heteroatoms. The van der Waals surface area contributed by atoms with Crippen LogP contribution < -0.4 is 10.6 Å². The van der Waals surface area contributed by atoms with E-state index in [-0.39, 0.29) is 0 Å². The second kappa shape index (κ2) is 10.3. The predicted molar refractivity (Wildman–Crippen MR) is 108 cm³/mol. The van der Waals surface area contributed by atoms with E-state index in [1.165, 1.54) is 0 Å². The number of hydrogen-bond donors (Lipinski definition) is 2. The number of guanidine groups is 1. The molecule has 1 atom stereocenters. The van der Waals surface area contributed by atoms with E-state index < -0.39 is 10.8 Å². The van der Waals surface area contributed by atoms with Crippen LogP contribution in [0.15, 0.2) is 40.7 Å². The Bertz CT molecular complexity index is 698. The van der Waals surface area contributed by atoms with Gasteiger partial charge in [-0.05, 0) is 11.5 Å². The van der Waals surface area contributed by atoms with E-state index in [1.54, 1.807) is 18.4 Å². The monoisotopic (exact) mass is 378 g/mol. The van der Waals surface area contributed by atoms with E-state index in [4.69, 9.17) is 0 Å². The molecule has 1 aromatic heterocycles. The minimum atomic E-state index is -0.887. The number of hydrogen-bond acceptors (Lipinski definition) is 4. The summed E-state index contributed by atoms with van der Waals surface area (Å²) in [6.45, 7) is 5.54. The number of nitrogens with zero attached hydrogens (tertiary/aromatic N) is 2. The zero-order chi connectivity index (χ0) is 18.1. The molecule has 2 rings (SSSR count). The zero-order valence-corrected chi connectivity index (χ0v) is 16.6. The lowest BCUT2D eigenvalue weighted by Crippen LogP contribution is -2.38. The summed E-state index contributed by atoms with van der Waals surface area (Å²) in [6.07, 6.45) is 0. The standard InChI is InChI=1S/C18H26N4OS2/c1-14(2)16-12-24-17(22-16)11-21-18(19-3)20-9-10-25(23)13-15-7-5-4-6-8-15/h4-8,12,14H,9-11,13H2,1-3H3,(H2,19,20,21). The predicted octanol–water partition coefficient (Wildman–Crippen LogP) is 2.88. The SMILES string of the molecule is CN=C(NCCS(=O)Cc1ccccc1)NCc1nc(C(C)C)cs1. The van der Waals surface area contributed by atoms with Crippen molar-refractivity contribution in [1.29, 1.82) is 0 Å². The molecule has 1 aromatic carbocycles. The van der Waals surface area contributed by atoms with Crippen molar-refractivity contribution in [2.45, 2.75) is 32.1 Å². The lowest BCUT2D eigenvalue weighted by atomic mass is 10.2. The molecule has 0 saturated heterocycles. The summed E-state index contributed by atoms with van der Waals surface area (Å²) in [7, 11) is 0.847. The molecule has 0 spiro atoms. The van der Waals surface area contributed by atoms with Gasteiger partial charge in [-0.15, -0.1) is 11.3 Å². The average Bonchev–Trinajstić information content (AvgIpc) is 3.08. The molecule has 5 nitrogen and oxygen atoms in total. The minimum absolute atomic E-state index is 0.446. The molecule has 1 unspecified atom stereocenters. The highest BCUT2D eigenvalue weighted by molar-refractivity contribution is 7.84. The molecule has 0 radical (unpaired) electrons. The summed E-state index contributed by atoms with van der Waals surface area (Å²) in [5.74, 6) is 2.33. The number of aliphatic imine (C=N–C) groups is 1. The van der Waals surface area contributed by atoms with Crippen molar-refractivity contribution in [1.82, 2.24) is 15.6 Å². The Hall–Kier alpha value is -1.73. The van der Waals surface area contributed by atoms with Crippen LogP contribution in [-0.4, -0.2) is 34.5 Å². The highest BCUT2D eigenvalue weighted by atomic mass is 32.2. The van der Waals surface area contributed by atoms with Gasteiger partial charge in [-0.25, -0.2) is 4.98 Å². The Morgan fingerprint density at radius 3 is 2.68 bits per heavy atom. The molecule has 0 amide bonds.